The number of nitrogens with one attached hydrogen (secondary N) is 1. The fraction of sp³-hybridized carbons (Fsp3) is 0.400. The number of nitrogens with zero attached hydrogens (tertiary/aromatic N) is 2. The van der Waals surface area contributed by atoms with Gasteiger partial charge in [-0.1, -0.05) is 6.92 Å². The van der Waals surface area contributed by atoms with Crippen LogP contribution in [0, 0.1) is 6.92 Å². The molecule has 0 spiro atoms. The van der Waals surface area contributed by atoms with Crippen molar-refractivity contribution in [1.82, 2.24) is 9.97 Å². The van der Waals surface area contributed by atoms with Crippen LogP contribution in [0.4, 0.5) is 5.13 Å². The van der Waals surface area contributed by atoms with E-state index in [1.165, 1.54) is 0 Å². The summed E-state index contributed by atoms with van der Waals surface area (Å²) in [4.78, 5) is 8.89. The van der Waals surface area contributed by atoms with E-state index in [0.29, 0.717) is 0 Å². The van der Waals surface area contributed by atoms with E-state index in [2.05, 4.69) is 22.2 Å². The highest BCUT2D eigenvalue weighted by Gasteiger charge is 2.06. The van der Waals surface area contributed by atoms with Crippen molar-refractivity contribution in [3.8, 4) is 11.4 Å². The molecule has 0 bridgehead atoms. The zero-order valence-corrected chi connectivity index (χ0v) is 10.4. The zero-order chi connectivity index (χ0) is 10.7. The molecule has 15 heavy (non-hydrogen) atoms. The van der Waals surface area contributed by atoms with Crippen molar-refractivity contribution in [1.29, 1.82) is 0 Å². The van der Waals surface area contributed by atoms with Gasteiger partial charge >= 0.3 is 0 Å². The van der Waals surface area contributed by atoms with Gasteiger partial charge in [0.15, 0.2) is 5.13 Å². The number of hydrogen-bond acceptors (Lipinski definition) is 5. The number of hydrogen-bond donors (Lipinski definition) is 1. The lowest BCUT2D eigenvalue weighted by Crippen LogP contribution is -1.98. The van der Waals surface area contributed by atoms with E-state index in [1.54, 1.807) is 22.7 Å². The van der Waals surface area contributed by atoms with Crippen LogP contribution in [0.25, 0.3) is 11.4 Å². The van der Waals surface area contributed by atoms with E-state index < -0.39 is 0 Å². The third kappa shape index (κ3) is 2.54. The van der Waals surface area contributed by atoms with Crippen LogP contribution in [0.3, 0.4) is 0 Å². The standard InChI is InChI=1S/C10H13N3S2/c1-3-4-11-10-13-9(6-15-10)8-5-14-7(2)12-8/h5-6H,3-4H2,1-2H3,(H,11,13). The molecule has 0 saturated carbocycles. The second kappa shape index (κ2) is 4.72. The van der Waals surface area contributed by atoms with E-state index in [9.17, 15) is 0 Å². The molecule has 0 fully saturated rings. The Hall–Kier alpha value is -0.940. The highest BCUT2D eigenvalue weighted by Crippen LogP contribution is 2.25. The smallest absolute Gasteiger partial charge is 0.183 e. The van der Waals surface area contributed by atoms with Gasteiger partial charge in [-0.15, -0.1) is 22.7 Å². The van der Waals surface area contributed by atoms with Gasteiger partial charge in [-0.2, -0.15) is 0 Å². The molecule has 0 atom stereocenters. The molecular formula is C10H13N3S2. The summed E-state index contributed by atoms with van der Waals surface area (Å²) in [7, 11) is 0. The van der Waals surface area contributed by atoms with Crippen LogP contribution >= 0.6 is 22.7 Å². The lowest BCUT2D eigenvalue weighted by Gasteiger charge is -1.96. The number of rotatable bonds is 4. The van der Waals surface area contributed by atoms with Gasteiger partial charge < -0.3 is 5.32 Å². The van der Waals surface area contributed by atoms with Crippen molar-refractivity contribution in [2.75, 3.05) is 11.9 Å². The van der Waals surface area contributed by atoms with Crippen LogP contribution in [-0.2, 0) is 0 Å². The summed E-state index contributed by atoms with van der Waals surface area (Å²) in [5.74, 6) is 0. The van der Waals surface area contributed by atoms with Gasteiger partial charge in [0.05, 0.1) is 5.01 Å². The Bertz CT molecular complexity index is 433. The first-order chi connectivity index (χ1) is 7.29. The molecular weight excluding hydrogens is 226 g/mol. The van der Waals surface area contributed by atoms with E-state index in [-0.39, 0.29) is 0 Å². The van der Waals surface area contributed by atoms with Gasteiger partial charge in [0.1, 0.15) is 11.4 Å². The summed E-state index contributed by atoms with van der Waals surface area (Å²) >= 11 is 3.30. The molecule has 80 valence electrons. The molecule has 0 aliphatic carbocycles. The summed E-state index contributed by atoms with van der Waals surface area (Å²) in [6.07, 6.45) is 1.12. The van der Waals surface area contributed by atoms with Gasteiger partial charge in [0, 0.05) is 17.3 Å². The van der Waals surface area contributed by atoms with Crippen molar-refractivity contribution in [2.45, 2.75) is 20.3 Å². The van der Waals surface area contributed by atoms with Crippen LogP contribution in [0.5, 0.6) is 0 Å². The molecule has 0 unspecified atom stereocenters. The normalized spacial score (nSPS) is 10.5. The molecule has 0 aliphatic heterocycles. The molecule has 2 heterocycles. The van der Waals surface area contributed by atoms with Crippen LogP contribution < -0.4 is 5.32 Å². The third-order valence-electron chi connectivity index (χ3n) is 1.91. The molecule has 5 heteroatoms. The van der Waals surface area contributed by atoms with Crippen LogP contribution in [0.15, 0.2) is 10.8 Å². The quantitative estimate of drug-likeness (QED) is 0.888. The monoisotopic (exact) mass is 239 g/mol. The lowest BCUT2D eigenvalue weighted by atomic mass is 10.4. The van der Waals surface area contributed by atoms with Crippen LogP contribution in [-0.4, -0.2) is 16.5 Å². The maximum absolute atomic E-state index is 4.48. The predicted molar refractivity (Wildman–Crippen MR) is 66.7 cm³/mol. The molecule has 0 amide bonds. The Kier molecular flexibility index (Phi) is 3.33. The number of aryl methyl sites for hydroxylation is 1. The average molecular weight is 239 g/mol. The predicted octanol–water partition coefficient (Wildman–Crippen LogP) is 3.40. The van der Waals surface area contributed by atoms with Crippen molar-refractivity contribution in [2.24, 2.45) is 0 Å². The molecule has 0 radical (unpaired) electrons. The largest absolute Gasteiger partial charge is 0.362 e. The average Bonchev–Trinajstić information content (AvgIpc) is 2.83. The molecule has 0 saturated heterocycles. The maximum atomic E-state index is 4.48. The van der Waals surface area contributed by atoms with Crippen molar-refractivity contribution < 1.29 is 0 Å². The first-order valence-corrected chi connectivity index (χ1v) is 6.67. The molecule has 2 aromatic heterocycles. The summed E-state index contributed by atoms with van der Waals surface area (Å²) in [6, 6.07) is 0. The first-order valence-electron chi connectivity index (χ1n) is 4.91. The number of thiazole rings is 2. The van der Waals surface area contributed by atoms with Gasteiger partial charge in [-0.25, -0.2) is 9.97 Å². The van der Waals surface area contributed by atoms with Crippen LogP contribution in [0.1, 0.15) is 18.4 Å². The summed E-state index contributed by atoms with van der Waals surface area (Å²) in [5, 5.41) is 9.44. The van der Waals surface area contributed by atoms with E-state index in [4.69, 9.17) is 0 Å². The fourth-order valence-corrected chi connectivity index (χ4v) is 2.53. The second-order valence-electron chi connectivity index (χ2n) is 3.22. The van der Waals surface area contributed by atoms with Gasteiger partial charge in [0.25, 0.3) is 0 Å². The summed E-state index contributed by atoms with van der Waals surface area (Å²) in [6.45, 7) is 5.13. The Morgan fingerprint density at radius 2 is 1.93 bits per heavy atom. The second-order valence-corrected chi connectivity index (χ2v) is 5.14. The maximum Gasteiger partial charge on any atom is 0.183 e. The number of aromatic nitrogens is 2. The SMILES string of the molecule is CCCNc1nc(-c2csc(C)n2)cs1. The Balaban J connectivity index is 2.13. The molecule has 0 aromatic carbocycles. The zero-order valence-electron chi connectivity index (χ0n) is 8.78. The van der Waals surface area contributed by atoms with Gasteiger partial charge in [0.2, 0.25) is 0 Å². The van der Waals surface area contributed by atoms with Crippen LogP contribution in [0.2, 0.25) is 0 Å². The van der Waals surface area contributed by atoms with E-state index >= 15 is 0 Å². The highest BCUT2D eigenvalue weighted by molar-refractivity contribution is 7.14. The lowest BCUT2D eigenvalue weighted by molar-refractivity contribution is 0.976. The molecule has 3 nitrogen and oxygen atoms in total. The fourth-order valence-electron chi connectivity index (χ4n) is 1.19. The summed E-state index contributed by atoms with van der Waals surface area (Å²) in [5.41, 5.74) is 1.96. The van der Waals surface area contributed by atoms with E-state index in [1.807, 2.05) is 17.7 Å². The molecule has 1 N–H and O–H groups in total. The highest BCUT2D eigenvalue weighted by atomic mass is 32.1. The van der Waals surface area contributed by atoms with Crippen molar-refractivity contribution in [3.05, 3.63) is 15.8 Å². The minimum absolute atomic E-state index is 0.975. The van der Waals surface area contributed by atoms with Gasteiger partial charge in [-0.05, 0) is 13.3 Å². The summed E-state index contributed by atoms with van der Waals surface area (Å²) < 4.78 is 0. The first kappa shape index (κ1) is 10.6. The molecule has 0 aliphatic rings. The Labute approximate surface area is 97.2 Å². The van der Waals surface area contributed by atoms with Crippen molar-refractivity contribution >= 4 is 27.8 Å². The number of anilines is 1. The van der Waals surface area contributed by atoms with E-state index in [0.717, 1.165) is 34.5 Å². The Morgan fingerprint density at radius 3 is 2.60 bits per heavy atom. The molecule has 2 aromatic rings. The van der Waals surface area contributed by atoms with Gasteiger partial charge in [-0.3, -0.25) is 0 Å². The minimum Gasteiger partial charge on any atom is -0.362 e. The topological polar surface area (TPSA) is 37.8 Å². The Morgan fingerprint density at radius 1 is 1.20 bits per heavy atom. The minimum atomic E-state index is 0.975. The molecule has 2 rings (SSSR count). The van der Waals surface area contributed by atoms with Crippen molar-refractivity contribution in [3.63, 3.8) is 0 Å². The third-order valence-corrected chi connectivity index (χ3v) is 3.49.